The summed E-state index contributed by atoms with van der Waals surface area (Å²) < 4.78 is 49.1. The summed E-state index contributed by atoms with van der Waals surface area (Å²) in [6.45, 7) is 12.9. The average molecular weight is 812 g/mol. The molecule has 0 amide bonds. The van der Waals surface area contributed by atoms with Crippen molar-refractivity contribution in [2.75, 3.05) is 27.4 Å². The molecular weight excluding hydrogens is 769 g/mol. The Balaban J connectivity index is 0.000000347. The van der Waals surface area contributed by atoms with E-state index >= 15 is 0 Å². The van der Waals surface area contributed by atoms with Gasteiger partial charge in [0.2, 0.25) is 0 Å². The summed E-state index contributed by atoms with van der Waals surface area (Å²) in [6.07, 6.45) is 0. The molecule has 4 aliphatic heterocycles. The number of halogens is 2. The first-order valence-electron chi connectivity index (χ1n) is 15.9. The third kappa shape index (κ3) is 7.38. The molecule has 2 aromatic rings. The van der Waals surface area contributed by atoms with E-state index in [0.717, 1.165) is 0 Å². The van der Waals surface area contributed by atoms with Crippen LogP contribution in [0.25, 0.3) is 5.57 Å². The van der Waals surface area contributed by atoms with Crippen molar-refractivity contribution < 1.29 is 68.8 Å². The Hall–Kier alpha value is -4.86. The Kier molecular flexibility index (Phi) is 13.3. The summed E-state index contributed by atoms with van der Waals surface area (Å²) in [5.41, 5.74) is 5.86. The van der Waals surface area contributed by atoms with Crippen molar-refractivity contribution in [3.05, 3.63) is 129 Å². The number of rotatable bonds is 6. The van der Waals surface area contributed by atoms with Crippen LogP contribution in [0.5, 0.6) is 0 Å². The molecule has 2 aromatic carbocycles. The van der Waals surface area contributed by atoms with Gasteiger partial charge in [0.05, 0.1) is 59.7 Å². The summed E-state index contributed by atoms with van der Waals surface area (Å²) in [5.74, 6) is -4.60. The van der Waals surface area contributed by atoms with Gasteiger partial charge in [0.25, 0.3) is 0 Å². The zero-order valence-electron chi connectivity index (χ0n) is 30.2. The number of carbonyl (C=O) groups excluding carboxylic acids is 4. The molecule has 0 spiro atoms. The van der Waals surface area contributed by atoms with Crippen molar-refractivity contribution in [1.82, 2.24) is 10.6 Å². The van der Waals surface area contributed by atoms with Crippen LogP contribution in [0, 0.1) is 19.1 Å². The van der Waals surface area contributed by atoms with E-state index in [-0.39, 0.29) is 65.4 Å². The number of esters is 4. The summed E-state index contributed by atoms with van der Waals surface area (Å²) in [7, 11) is 2.55. The minimum Gasteiger partial charge on any atom is -0.466 e. The van der Waals surface area contributed by atoms with Crippen LogP contribution in [0.1, 0.15) is 76.1 Å². The first kappa shape index (κ1) is 41.6. The van der Waals surface area contributed by atoms with Crippen LogP contribution in [0.3, 0.4) is 0 Å². The topological polar surface area (TPSA) is 129 Å². The first-order valence-corrected chi connectivity index (χ1v) is 15.9. The van der Waals surface area contributed by atoms with E-state index in [2.05, 4.69) is 17.2 Å². The molecule has 0 bridgehead atoms. The maximum Gasteiger partial charge on any atom is 0.337 e. The fourth-order valence-corrected chi connectivity index (χ4v) is 6.96. The van der Waals surface area contributed by atoms with Crippen LogP contribution >= 0.6 is 0 Å². The van der Waals surface area contributed by atoms with E-state index in [0.29, 0.717) is 61.8 Å². The van der Waals surface area contributed by atoms with Crippen LogP contribution < -0.4 is 10.6 Å². The quantitative estimate of drug-likeness (QED) is 0.147. The SMILES string of the molecule is C=C(C)c1c(F)cccc1[C@H]1C(C(=O)OC)=C(C)NC2=C1C(=O)OC2.COC(=O)C1=C(C)NC2=C(C(=O)OC2)[C@H]1c1cccc(F)c1C(C)C.[CH3-].[HH].[Pd]. The number of benzene rings is 2. The molecule has 4 heterocycles. The molecule has 13 heteroatoms. The Morgan fingerprint density at radius 2 is 1.25 bits per heavy atom. The van der Waals surface area contributed by atoms with Crippen LogP contribution in [-0.4, -0.2) is 51.3 Å². The molecule has 0 aliphatic carbocycles. The predicted octanol–water partition coefficient (Wildman–Crippen LogP) is 6.39. The Bertz CT molecular complexity index is 1980. The van der Waals surface area contributed by atoms with Gasteiger partial charge in [-0.15, -0.1) is 0 Å². The fraction of sp³-hybridized carbons (Fsp3) is 0.308. The van der Waals surface area contributed by atoms with Gasteiger partial charge in [0, 0.05) is 38.8 Å². The van der Waals surface area contributed by atoms with Gasteiger partial charge in [-0.2, -0.15) is 0 Å². The van der Waals surface area contributed by atoms with Gasteiger partial charge in [-0.3, -0.25) is 0 Å². The number of methoxy groups -OCH3 is 2. The molecule has 10 nitrogen and oxygen atoms in total. The zero-order valence-corrected chi connectivity index (χ0v) is 31.7. The van der Waals surface area contributed by atoms with Gasteiger partial charge in [-0.05, 0) is 61.1 Å². The third-order valence-electron chi connectivity index (χ3n) is 8.99. The standard InChI is InChI=1S/C19H20FNO4.C19H18FNO4.CH3.Pd.H2/c2*1-9(2)14-11(6-5-7-12(14)20)16-15(18(22)24-4)10(3)21-13-8-25-19(23)17(13)16;;;/h5-7,9,16,21H,8H2,1-4H3;5-7,16,21H,1,8H2,2-4H3;1H3;;1H/q;;-1;;/t2*16-;;;/m00.../s1. The monoisotopic (exact) mass is 811 g/mol. The van der Waals surface area contributed by atoms with Crippen molar-refractivity contribution in [1.29, 1.82) is 0 Å². The third-order valence-corrected chi connectivity index (χ3v) is 8.99. The first-order chi connectivity index (χ1) is 23.7. The number of hydrogen-bond acceptors (Lipinski definition) is 10. The number of nitrogens with one attached hydrogen (secondary N) is 2. The van der Waals surface area contributed by atoms with Crippen LogP contribution in [0.15, 0.2) is 88.1 Å². The van der Waals surface area contributed by atoms with Crippen LogP contribution in [0.2, 0.25) is 0 Å². The largest absolute Gasteiger partial charge is 0.466 e. The number of ether oxygens (including phenoxy) is 4. The average Bonchev–Trinajstić information content (AvgIpc) is 3.63. The Labute approximate surface area is 317 Å². The second-order valence-electron chi connectivity index (χ2n) is 12.5. The smallest absolute Gasteiger partial charge is 0.337 e. The zero-order chi connectivity index (χ0) is 36.6. The number of allylic oxidation sites excluding steroid dienone is 3. The molecule has 0 unspecified atom stereocenters. The van der Waals surface area contributed by atoms with Crippen molar-refractivity contribution in [2.24, 2.45) is 0 Å². The van der Waals surface area contributed by atoms with E-state index in [9.17, 15) is 28.0 Å². The number of dihydropyridines is 2. The molecule has 2 atom stereocenters. The maximum absolute atomic E-state index is 14.5. The molecule has 0 saturated carbocycles. The molecule has 0 radical (unpaired) electrons. The molecule has 0 aromatic heterocycles. The Morgan fingerprint density at radius 1 is 0.827 bits per heavy atom. The number of carbonyl (C=O) groups is 4. The van der Waals surface area contributed by atoms with E-state index in [1.807, 2.05) is 13.8 Å². The van der Waals surface area contributed by atoms with Crippen molar-refractivity contribution in [3.8, 4) is 0 Å². The van der Waals surface area contributed by atoms with Gasteiger partial charge in [-0.25, -0.2) is 28.0 Å². The summed E-state index contributed by atoms with van der Waals surface area (Å²) in [4.78, 5) is 49.5. The summed E-state index contributed by atoms with van der Waals surface area (Å²) >= 11 is 0. The molecular formula is C39H43F2N2O8Pd-. The second kappa shape index (κ2) is 16.7. The van der Waals surface area contributed by atoms with Crippen molar-refractivity contribution in [3.63, 3.8) is 0 Å². The minimum atomic E-state index is -0.777. The van der Waals surface area contributed by atoms with Crippen LogP contribution in [-0.2, 0) is 58.5 Å². The summed E-state index contributed by atoms with van der Waals surface area (Å²) in [6, 6.07) is 9.28. The van der Waals surface area contributed by atoms with Crippen molar-refractivity contribution in [2.45, 2.75) is 52.4 Å². The van der Waals surface area contributed by atoms with E-state index < -0.39 is 41.5 Å². The Morgan fingerprint density at radius 3 is 1.67 bits per heavy atom. The van der Waals surface area contributed by atoms with Gasteiger partial charge in [0.15, 0.2) is 0 Å². The molecule has 2 N–H and O–H groups in total. The van der Waals surface area contributed by atoms with E-state index in [4.69, 9.17) is 18.9 Å². The molecule has 0 saturated heterocycles. The molecule has 6 rings (SSSR count). The molecule has 0 fully saturated rings. The molecule has 4 aliphatic rings. The van der Waals surface area contributed by atoms with Gasteiger partial charge in [0.1, 0.15) is 24.8 Å². The van der Waals surface area contributed by atoms with Crippen molar-refractivity contribution >= 4 is 29.5 Å². The minimum absolute atomic E-state index is 0. The predicted molar refractivity (Wildman–Crippen MR) is 187 cm³/mol. The second-order valence-corrected chi connectivity index (χ2v) is 12.5. The van der Waals surface area contributed by atoms with E-state index in [1.54, 1.807) is 45.0 Å². The van der Waals surface area contributed by atoms with Crippen LogP contribution in [0.4, 0.5) is 8.78 Å². The normalized spacial score (nSPS) is 18.8. The maximum atomic E-state index is 14.5. The number of cyclic esters (lactones) is 2. The van der Waals surface area contributed by atoms with E-state index in [1.165, 1.54) is 26.4 Å². The number of hydrogen-bond donors (Lipinski definition) is 2. The van der Waals surface area contributed by atoms with Gasteiger partial charge >= 0.3 is 23.9 Å². The van der Waals surface area contributed by atoms with Gasteiger partial charge < -0.3 is 37.0 Å². The summed E-state index contributed by atoms with van der Waals surface area (Å²) in [5, 5.41) is 6.09. The fourth-order valence-electron chi connectivity index (χ4n) is 6.96. The molecule has 52 heavy (non-hydrogen) atoms. The molecule has 282 valence electrons. The van der Waals surface area contributed by atoms with Gasteiger partial charge in [-0.1, -0.05) is 44.7 Å².